The van der Waals surface area contributed by atoms with E-state index in [1.807, 2.05) is 23.1 Å². The highest BCUT2D eigenvalue weighted by Gasteiger charge is 2.25. The lowest BCUT2D eigenvalue weighted by molar-refractivity contribution is 0.0712. The average Bonchev–Trinajstić information content (AvgIpc) is 2.61. The maximum atomic E-state index is 12.7. The number of amides is 1. The third kappa shape index (κ3) is 3.67. The van der Waals surface area contributed by atoms with Gasteiger partial charge in [-0.1, -0.05) is 36.4 Å². The van der Waals surface area contributed by atoms with Crippen LogP contribution in [-0.2, 0) is 9.84 Å². The van der Waals surface area contributed by atoms with Gasteiger partial charge in [0.2, 0.25) is 0 Å². The third-order valence-corrected chi connectivity index (χ3v) is 5.67. The Morgan fingerprint density at radius 3 is 2.29 bits per heavy atom. The van der Waals surface area contributed by atoms with Crippen molar-refractivity contribution in [3.05, 3.63) is 65.7 Å². The van der Waals surface area contributed by atoms with E-state index in [0.717, 1.165) is 19.1 Å². The van der Waals surface area contributed by atoms with Crippen LogP contribution in [0.25, 0.3) is 0 Å². The van der Waals surface area contributed by atoms with Crippen molar-refractivity contribution in [2.75, 3.05) is 19.3 Å². The molecule has 5 heteroatoms. The van der Waals surface area contributed by atoms with Crippen LogP contribution in [0.3, 0.4) is 0 Å². The number of carbonyl (C=O) groups is 1. The van der Waals surface area contributed by atoms with Crippen molar-refractivity contribution in [2.45, 2.75) is 23.7 Å². The van der Waals surface area contributed by atoms with Crippen molar-refractivity contribution in [1.82, 2.24) is 4.90 Å². The molecule has 1 fully saturated rings. The maximum absolute atomic E-state index is 12.7. The largest absolute Gasteiger partial charge is 0.339 e. The minimum Gasteiger partial charge on any atom is -0.339 e. The molecule has 1 aliphatic heterocycles. The normalized spacial score (nSPS) is 16.1. The summed E-state index contributed by atoms with van der Waals surface area (Å²) in [6, 6.07) is 16.7. The Bertz CT molecular complexity index is 823. The number of benzene rings is 2. The van der Waals surface area contributed by atoms with Crippen molar-refractivity contribution in [3.8, 4) is 0 Å². The van der Waals surface area contributed by atoms with Gasteiger partial charge >= 0.3 is 0 Å². The lowest BCUT2D eigenvalue weighted by atomic mass is 9.89. The molecular weight excluding hydrogens is 322 g/mol. The first kappa shape index (κ1) is 16.7. The Labute approximate surface area is 143 Å². The molecule has 24 heavy (non-hydrogen) atoms. The third-order valence-electron chi connectivity index (χ3n) is 4.56. The molecule has 0 atom stereocenters. The van der Waals surface area contributed by atoms with Crippen LogP contribution in [0.2, 0.25) is 0 Å². The molecule has 1 amide bonds. The molecule has 0 unspecified atom stereocenters. The maximum Gasteiger partial charge on any atom is 0.253 e. The summed E-state index contributed by atoms with van der Waals surface area (Å²) < 4.78 is 23.3. The number of hydrogen-bond donors (Lipinski definition) is 0. The molecule has 1 heterocycles. The van der Waals surface area contributed by atoms with Gasteiger partial charge in [0, 0.05) is 24.9 Å². The van der Waals surface area contributed by atoms with Crippen molar-refractivity contribution < 1.29 is 13.2 Å². The fraction of sp³-hybridized carbons (Fsp3) is 0.316. The van der Waals surface area contributed by atoms with Crippen LogP contribution in [-0.4, -0.2) is 38.6 Å². The zero-order valence-electron chi connectivity index (χ0n) is 13.7. The topological polar surface area (TPSA) is 54.5 Å². The molecule has 3 rings (SSSR count). The van der Waals surface area contributed by atoms with Gasteiger partial charge in [0.05, 0.1) is 4.90 Å². The molecule has 1 aliphatic rings. The van der Waals surface area contributed by atoms with E-state index in [1.165, 1.54) is 17.7 Å². The summed E-state index contributed by atoms with van der Waals surface area (Å²) in [4.78, 5) is 14.7. The molecule has 2 aromatic rings. The quantitative estimate of drug-likeness (QED) is 0.860. The number of carbonyl (C=O) groups excluding carboxylic acids is 1. The molecule has 0 radical (unpaired) electrons. The second kappa shape index (κ2) is 6.77. The Morgan fingerprint density at radius 1 is 1.00 bits per heavy atom. The van der Waals surface area contributed by atoms with Crippen molar-refractivity contribution in [1.29, 1.82) is 0 Å². The molecule has 0 bridgehead atoms. The van der Waals surface area contributed by atoms with E-state index in [9.17, 15) is 13.2 Å². The fourth-order valence-electron chi connectivity index (χ4n) is 3.18. The van der Waals surface area contributed by atoms with E-state index >= 15 is 0 Å². The molecule has 126 valence electrons. The molecule has 0 aromatic heterocycles. The number of piperidine rings is 1. The van der Waals surface area contributed by atoms with E-state index in [-0.39, 0.29) is 10.8 Å². The monoisotopic (exact) mass is 343 g/mol. The van der Waals surface area contributed by atoms with Crippen molar-refractivity contribution in [3.63, 3.8) is 0 Å². The van der Waals surface area contributed by atoms with E-state index in [1.54, 1.807) is 12.1 Å². The Hall–Kier alpha value is -2.14. The summed E-state index contributed by atoms with van der Waals surface area (Å²) in [6.07, 6.45) is 3.02. The van der Waals surface area contributed by atoms with E-state index in [4.69, 9.17) is 0 Å². The molecule has 4 nitrogen and oxygen atoms in total. The highest BCUT2D eigenvalue weighted by Crippen LogP contribution is 2.28. The minimum atomic E-state index is -3.31. The van der Waals surface area contributed by atoms with Gasteiger partial charge in [0.1, 0.15) is 0 Å². The first-order valence-electron chi connectivity index (χ1n) is 8.09. The second-order valence-electron chi connectivity index (χ2n) is 6.28. The zero-order chi connectivity index (χ0) is 17.2. The molecule has 0 saturated carbocycles. The summed E-state index contributed by atoms with van der Waals surface area (Å²) in [6.45, 7) is 1.39. The van der Waals surface area contributed by atoms with Gasteiger partial charge in [0.25, 0.3) is 5.91 Å². The van der Waals surface area contributed by atoms with Crippen LogP contribution in [0.1, 0.15) is 34.7 Å². The van der Waals surface area contributed by atoms with E-state index in [0.29, 0.717) is 24.6 Å². The summed E-state index contributed by atoms with van der Waals surface area (Å²) in [5, 5.41) is 0. The van der Waals surface area contributed by atoms with Crippen molar-refractivity contribution >= 4 is 15.7 Å². The highest BCUT2D eigenvalue weighted by molar-refractivity contribution is 7.90. The first-order valence-corrected chi connectivity index (χ1v) is 9.98. The van der Waals surface area contributed by atoms with Crippen LogP contribution >= 0.6 is 0 Å². The lowest BCUT2D eigenvalue weighted by Crippen LogP contribution is -2.38. The van der Waals surface area contributed by atoms with Gasteiger partial charge in [-0.05, 0) is 42.5 Å². The SMILES string of the molecule is CS(=O)(=O)c1cccc(C(=O)N2CCC(c3ccccc3)CC2)c1. The Morgan fingerprint density at radius 2 is 1.67 bits per heavy atom. The number of nitrogens with zero attached hydrogens (tertiary/aromatic N) is 1. The van der Waals surface area contributed by atoms with Gasteiger partial charge in [-0.3, -0.25) is 4.79 Å². The number of hydrogen-bond acceptors (Lipinski definition) is 3. The molecule has 0 spiro atoms. The van der Waals surface area contributed by atoms with Crippen LogP contribution in [0.15, 0.2) is 59.5 Å². The smallest absolute Gasteiger partial charge is 0.253 e. The predicted molar refractivity (Wildman–Crippen MR) is 93.9 cm³/mol. The molecule has 1 saturated heterocycles. The fourth-order valence-corrected chi connectivity index (χ4v) is 3.85. The van der Waals surface area contributed by atoms with E-state index < -0.39 is 9.84 Å². The van der Waals surface area contributed by atoms with Crippen LogP contribution < -0.4 is 0 Å². The standard InChI is InChI=1S/C19H21NO3S/c1-24(22,23)18-9-5-8-17(14-18)19(21)20-12-10-16(11-13-20)15-6-3-2-4-7-15/h2-9,14,16H,10-13H2,1H3. The second-order valence-corrected chi connectivity index (χ2v) is 8.29. The summed E-state index contributed by atoms with van der Waals surface area (Å²) in [5.74, 6) is 0.393. The van der Waals surface area contributed by atoms with Gasteiger partial charge in [-0.2, -0.15) is 0 Å². The zero-order valence-corrected chi connectivity index (χ0v) is 14.5. The Kier molecular flexibility index (Phi) is 4.71. The number of sulfone groups is 1. The van der Waals surface area contributed by atoms with Gasteiger partial charge < -0.3 is 4.90 Å². The highest BCUT2D eigenvalue weighted by atomic mass is 32.2. The average molecular weight is 343 g/mol. The van der Waals surface area contributed by atoms with Crippen molar-refractivity contribution in [2.24, 2.45) is 0 Å². The molecule has 0 aliphatic carbocycles. The molecular formula is C19H21NO3S. The van der Waals surface area contributed by atoms with Crippen LogP contribution in [0.4, 0.5) is 0 Å². The minimum absolute atomic E-state index is 0.0907. The first-order chi connectivity index (χ1) is 11.4. The predicted octanol–water partition coefficient (Wildman–Crippen LogP) is 3.11. The number of likely N-dealkylation sites (tertiary alicyclic amines) is 1. The van der Waals surface area contributed by atoms with Gasteiger partial charge in [-0.15, -0.1) is 0 Å². The lowest BCUT2D eigenvalue weighted by Gasteiger charge is -2.32. The van der Waals surface area contributed by atoms with Crippen LogP contribution in [0.5, 0.6) is 0 Å². The number of rotatable bonds is 3. The van der Waals surface area contributed by atoms with E-state index in [2.05, 4.69) is 12.1 Å². The summed E-state index contributed by atoms with van der Waals surface area (Å²) >= 11 is 0. The van der Waals surface area contributed by atoms with Crippen LogP contribution in [0, 0.1) is 0 Å². The van der Waals surface area contributed by atoms with Gasteiger partial charge in [0.15, 0.2) is 9.84 Å². The summed E-state index contributed by atoms with van der Waals surface area (Å²) in [5.41, 5.74) is 1.76. The molecule has 0 N–H and O–H groups in total. The van der Waals surface area contributed by atoms with Gasteiger partial charge in [-0.25, -0.2) is 8.42 Å². The Balaban J connectivity index is 1.70. The summed E-state index contributed by atoms with van der Waals surface area (Å²) in [7, 11) is -3.31. The molecule has 2 aromatic carbocycles.